The second-order valence-electron chi connectivity index (χ2n) is 5.87. The number of hydrogen-bond donors (Lipinski definition) is 2. The highest BCUT2D eigenvalue weighted by molar-refractivity contribution is 7.89. The molecule has 5 heteroatoms. The first-order chi connectivity index (χ1) is 8.66. The zero-order chi connectivity index (χ0) is 14.7. The van der Waals surface area contributed by atoms with Crippen LogP contribution in [0, 0.1) is 12.3 Å². The first kappa shape index (κ1) is 16.1. The predicted molar refractivity (Wildman–Crippen MR) is 76.4 cm³/mol. The first-order valence-electron chi connectivity index (χ1n) is 6.36. The number of rotatable bonds is 5. The van der Waals surface area contributed by atoms with Gasteiger partial charge in [-0.1, -0.05) is 38.5 Å². The van der Waals surface area contributed by atoms with Gasteiger partial charge in [0.15, 0.2) is 0 Å². The largest absolute Gasteiger partial charge is 0.396 e. The van der Waals surface area contributed by atoms with Gasteiger partial charge in [-0.3, -0.25) is 0 Å². The van der Waals surface area contributed by atoms with E-state index in [1.165, 1.54) is 0 Å². The second kappa shape index (κ2) is 6.03. The molecule has 1 aromatic rings. The summed E-state index contributed by atoms with van der Waals surface area (Å²) in [7, 11) is -3.54. The molecule has 0 saturated heterocycles. The predicted octanol–water partition coefficient (Wildman–Crippen LogP) is 2.07. The smallest absolute Gasteiger partial charge is 0.240 e. The number of aliphatic hydroxyl groups excluding tert-OH is 1. The van der Waals surface area contributed by atoms with Crippen molar-refractivity contribution in [3.05, 3.63) is 29.8 Å². The van der Waals surface area contributed by atoms with Crippen molar-refractivity contribution in [2.45, 2.75) is 45.1 Å². The SMILES string of the molecule is Cc1ccc(S(=O)(=O)NC(CCO)C(C)(C)C)cc1. The summed E-state index contributed by atoms with van der Waals surface area (Å²) in [6.07, 6.45) is 0.397. The van der Waals surface area contributed by atoms with Gasteiger partial charge in [0.1, 0.15) is 0 Å². The van der Waals surface area contributed by atoms with E-state index in [-0.39, 0.29) is 23.0 Å². The van der Waals surface area contributed by atoms with E-state index in [2.05, 4.69) is 4.72 Å². The van der Waals surface area contributed by atoms with Crippen LogP contribution >= 0.6 is 0 Å². The summed E-state index contributed by atoms with van der Waals surface area (Å²) in [5.74, 6) is 0. The van der Waals surface area contributed by atoms with E-state index in [0.29, 0.717) is 6.42 Å². The van der Waals surface area contributed by atoms with E-state index in [4.69, 9.17) is 5.11 Å². The molecule has 0 amide bonds. The molecule has 4 nitrogen and oxygen atoms in total. The highest BCUT2D eigenvalue weighted by atomic mass is 32.2. The molecular weight excluding hydrogens is 262 g/mol. The Morgan fingerprint density at radius 3 is 2.16 bits per heavy atom. The van der Waals surface area contributed by atoms with E-state index >= 15 is 0 Å². The minimum Gasteiger partial charge on any atom is -0.396 e. The zero-order valence-electron chi connectivity index (χ0n) is 12.0. The van der Waals surface area contributed by atoms with Crippen LogP contribution < -0.4 is 4.72 Å². The highest BCUT2D eigenvalue weighted by Gasteiger charge is 2.29. The van der Waals surface area contributed by atoms with Crippen molar-refractivity contribution in [2.75, 3.05) is 6.61 Å². The molecule has 0 aliphatic heterocycles. The Labute approximate surface area is 115 Å². The Balaban J connectivity index is 2.97. The van der Waals surface area contributed by atoms with E-state index in [0.717, 1.165) is 5.56 Å². The van der Waals surface area contributed by atoms with E-state index < -0.39 is 10.0 Å². The Hall–Kier alpha value is -0.910. The third-order valence-electron chi connectivity index (χ3n) is 3.09. The Morgan fingerprint density at radius 1 is 1.21 bits per heavy atom. The van der Waals surface area contributed by atoms with Crippen molar-refractivity contribution in [3.8, 4) is 0 Å². The molecule has 1 unspecified atom stereocenters. The summed E-state index contributed by atoms with van der Waals surface area (Å²) in [6.45, 7) is 7.72. The molecule has 108 valence electrons. The third kappa shape index (κ3) is 4.60. The van der Waals surface area contributed by atoms with E-state index in [9.17, 15) is 8.42 Å². The zero-order valence-corrected chi connectivity index (χ0v) is 12.8. The maximum absolute atomic E-state index is 12.3. The van der Waals surface area contributed by atoms with Gasteiger partial charge in [-0.15, -0.1) is 0 Å². The van der Waals surface area contributed by atoms with Crippen molar-refractivity contribution in [2.24, 2.45) is 5.41 Å². The molecule has 19 heavy (non-hydrogen) atoms. The summed E-state index contributed by atoms with van der Waals surface area (Å²) >= 11 is 0. The highest BCUT2D eigenvalue weighted by Crippen LogP contribution is 2.23. The van der Waals surface area contributed by atoms with Crippen LogP contribution in [0.2, 0.25) is 0 Å². The quantitative estimate of drug-likeness (QED) is 0.870. The van der Waals surface area contributed by atoms with Crippen LogP contribution in [0.5, 0.6) is 0 Å². The average molecular weight is 285 g/mol. The minimum absolute atomic E-state index is 0.0433. The molecule has 0 spiro atoms. The lowest BCUT2D eigenvalue weighted by atomic mass is 9.86. The second-order valence-corrected chi connectivity index (χ2v) is 7.58. The normalized spacial score (nSPS) is 14.4. The summed E-state index contributed by atoms with van der Waals surface area (Å²) in [6, 6.07) is 6.43. The molecular formula is C14H23NO3S. The van der Waals surface area contributed by atoms with Gasteiger partial charge in [0.25, 0.3) is 0 Å². The number of sulfonamides is 1. The lowest BCUT2D eigenvalue weighted by Crippen LogP contribution is -2.44. The lowest BCUT2D eigenvalue weighted by molar-refractivity contribution is 0.214. The molecule has 0 radical (unpaired) electrons. The molecule has 0 aromatic heterocycles. The third-order valence-corrected chi connectivity index (χ3v) is 4.58. The van der Waals surface area contributed by atoms with Gasteiger partial charge in [0, 0.05) is 12.6 Å². The van der Waals surface area contributed by atoms with Crippen LogP contribution in [0.1, 0.15) is 32.8 Å². The van der Waals surface area contributed by atoms with Gasteiger partial charge >= 0.3 is 0 Å². The fourth-order valence-electron chi connectivity index (χ4n) is 1.77. The van der Waals surface area contributed by atoms with Crippen LogP contribution in [0.3, 0.4) is 0 Å². The summed E-state index contributed by atoms with van der Waals surface area (Å²) in [4.78, 5) is 0.255. The standard InChI is InChI=1S/C14H23NO3S/c1-11-5-7-12(8-6-11)19(17,18)15-13(9-10-16)14(2,3)4/h5-8,13,15-16H,9-10H2,1-4H3. The van der Waals surface area contributed by atoms with Crippen LogP contribution in [-0.4, -0.2) is 26.2 Å². The van der Waals surface area contributed by atoms with Crippen molar-refractivity contribution in [1.29, 1.82) is 0 Å². The van der Waals surface area contributed by atoms with Crippen LogP contribution in [0.4, 0.5) is 0 Å². The summed E-state index contributed by atoms with van der Waals surface area (Å²) < 4.78 is 27.2. The van der Waals surface area contributed by atoms with Crippen LogP contribution in [0.25, 0.3) is 0 Å². The van der Waals surface area contributed by atoms with E-state index in [1.807, 2.05) is 27.7 Å². The molecule has 0 aliphatic rings. The summed E-state index contributed by atoms with van der Waals surface area (Å²) in [5, 5.41) is 9.07. The Bertz CT molecular complexity index is 500. The van der Waals surface area contributed by atoms with Gasteiger partial charge in [0.05, 0.1) is 4.90 Å². The maximum atomic E-state index is 12.3. The fraction of sp³-hybridized carbons (Fsp3) is 0.571. The number of nitrogens with one attached hydrogen (secondary N) is 1. The van der Waals surface area contributed by atoms with Crippen molar-refractivity contribution in [3.63, 3.8) is 0 Å². The van der Waals surface area contributed by atoms with Crippen LogP contribution in [0.15, 0.2) is 29.2 Å². The Kier molecular flexibility index (Phi) is 5.12. The van der Waals surface area contributed by atoms with Crippen molar-refractivity contribution < 1.29 is 13.5 Å². The molecule has 2 N–H and O–H groups in total. The molecule has 0 fully saturated rings. The van der Waals surface area contributed by atoms with E-state index in [1.54, 1.807) is 24.3 Å². The number of hydrogen-bond acceptors (Lipinski definition) is 3. The van der Waals surface area contributed by atoms with Gasteiger partial charge in [0.2, 0.25) is 10.0 Å². The van der Waals surface area contributed by atoms with Gasteiger partial charge < -0.3 is 5.11 Å². The van der Waals surface area contributed by atoms with Crippen molar-refractivity contribution in [1.82, 2.24) is 4.72 Å². The number of aryl methyl sites for hydroxylation is 1. The molecule has 0 aliphatic carbocycles. The molecule has 1 rings (SSSR count). The lowest BCUT2D eigenvalue weighted by Gasteiger charge is -2.30. The maximum Gasteiger partial charge on any atom is 0.240 e. The Morgan fingerprint density at radius 2 is 1.74 bits per heavy atom. The average Bonchev–Trinajstić information content (AvgIpc) is 2.27. The van der Waals surface area contributed by atoms with Gasteiger partial charge in [-0.05, 0) is 30.9 Å². The number of aliphatic hydroxyl groups is 1. The van der Waals surface area contributed by atoms with Crippen molar-refractivity contribution >= 4 is 10.0 Å². The molecule has 0 heterocycles. The van der Waals surface area contributed by atoms with Gasteiger partial charge in [-0.2, -0.15) is 0 Å². The topological polar surface area (TPSA) is 66.4 Å². The fourth-order valence-corrected chi connectivity index (χ4v) is 3.25. The minimum atomic E-state index is -3.54. The molecule has 1 atom stereocenters. The molecule has 1 aromatic carbocycles. The molecule has 0 bridgehead atoms. The molecule has 0 saturated carbocycles. The monoisotopic (exact) mass is 285 g/mol. The summed E-state index contributed by atoms with van der Waals surface area (Å²) in [5.41, 5.74) is 0.766. The van der Waals surface area contributed by atoms with Crippen LogP contribution in [-0.2, 0) is 10.0 Å². The first-order valence-corrected chi connectivity index (χ1v) is 7.85. The van der Waals surface area contributed by atoms with Gasteiger partial charge in [-0.25, -0.2) is 13.1 Å². The number of benzene rings is 1.